The zero-order valence-corrected chi connectivity index (χ0v) is 26.7. The van der Waals surface area contributed by atoms with Gasteiger partial charge in [0.15, 0.2) is 21.7 Å². The van der Waals surface area contributed by atoms with E-state index in [1.807, 2.05) is 68.6 Å². The number of nitrogens with one attached hydrogen (secondary N) is 1. The first-order valence-corrected chi connectivity index (χ1v) is 14.9. The maximum atomic E-state index is 4.54. The van der Waals surface area contributed by atoms with Crippen molar-refractivity contribution in [3.63, 3.8) is 0 Å². The molecule has 0 aromatic carbocycles. The van der Waals surface area contributed by atoms with E-state index in [2.05, 4.69) is 92.6 Å². The Morgan fingerprint density at radius 1 is 0.581 bits per heavy atom. The lowest BCUT2D eigenvalue weighted by Gasteiger charge is -2.08. The van der Waals surface area contributed by atoms with Crippen molar-refractivity contribution < 1.29 is 0 Å². The highest BCUT2D eigenvalue weighted by Gasteiger charge is 2.13. The van der Waals surface area contributed by atoms with Crippen LogP contribution in [-0.4, -0.2) is 58.2 Å². The van der Waals surface area contributed by atoms with Gasteiger partial charge in [0, 0.05) is 97.9 Å². The molecule has 0 fully saturated rings. The molecule has 8 rings (SSSR count). The lowest BCUT2D eigenvalue weighted by atomic mass is 10.2. The lowest BCUT2D eigenvalue weighted by molar-refractivity contribution is 0.964. The fourth-order valence-electron chi connectivity index (χ4n) is 4.03. The van der Waals surface area contributed by atoms with Crippen molar-refractivity contribution in [1.82, 2.24) is 58.2 Å². The van der Waals surface area contributed by atoms with Gasteiger partial charge in [-0.3, -0.25) is 14.5 Å². The highest BCUT2D eigenvalue weighted by molar-refractivity contribution is 9.11. The van der Waals surface area contributed by atoms with Crippen molar-refractivity contribution in [2.45, 2.75) is 0 Å². The molecule has 0 saturated heterocycles. The van der Waals surface area contributed by atoms with Gasteiger partial charge >= 0.3 is 0 Å². The van der Waals surface area contributed by atoms with Gasteiger partial charge < -0.3 is 13.8 Å². The molecular weight excluding hydrogens is 744 g/mol. The van der Waals surface area contributed by atoms with Crippen LogP contribution in [0.3, 0.4) is 0 Å². The summed E-state index contributed by atoms with van der Waals surface area (Å²) in [5.74, 6) is 2.40. The third-order valence-electron chi connectivity index (χ3n) is 5.89. The number of rotatable bonds is 3. The quantitative estimate of drug-likeness (QED) is 0.217. The molecule has 0 atom stereocenters. The summed E-state index contributed by atoms with van der Waals surface area (Å²) in [4.78, 5) is 36.6. The van der Waals surface area contributed by atoms with E-state index in [1.165, 1.54) is 0 Å². The molecule has 0 amide bonds. The molecule has 12 nitrogen and oxygen atoms in total. The van der Waals surface area contributed by atoms with Crippen LogP contribution in [0.25, 0.3) is 39.9 Å². The van der Waals surface area contributed by atoms with Gasteiger partial charge in [0.1, 0.15) is 20.9 Å². The van der Waals surface area contributed by atoms with Gasteiger partial charge in [-0.2, -0.15) is 0 Å². The standard InChI is InChI=1S/C14H9BrN6.C8H7N3.C6H3Br2N3/c15-11-9-20-7-5-18-13(20)14(19-11)21-8-6-17-12(21)10-1-3-16-4-2-10;1-3-9-4-2-7(1)8-10-5-6-11-8;7-4-3-11-2-1-9-6(11)5(8)10-4/h1-9H;1-6H,(H,10,11);1-3H. The minimum atomic E-state index is 0.721. The summed E-state index contributed by atoms with van der Waals surface area (Å²) in [6, 6.07) is 7.66. The number of pyridine rings is 2. The molecule has 0 radical (unpaired) electrons. The van der Waals surface area contributed by atoms with Gasteiger partial charge in [0.25, 0.3) is 0 Å². The van der Waals surface area contributed by atoms with Crippen LogP contribution in [0.4, 0.5) is 0 Å². The number of fused-ring (bicyclic) bond motifs is 2. The van der Waals surface area contributed by atoms with Gasteiger partial charge in [-0.1, -0.05) is 0 Å². The first-order valence-electron chi connectivity index (χ1n) is 12.5. The second-order valence-electron chi connectivity index (χ2n) is 8.59. The number of hydrogen-bond acceptors (Lipinski definition) is 8. The van der Waals surface area contributed by atoms with E-state index in [0.29, 0.717) is 0 Å². The molecule has 1 N–H and O–H groups in total. The van der Waals surface area contributed by atoms with E-state index in [9.17, 15) is 0 Å². The Bertz CT molecular complexity index is 2070. The van der Waals surface area contributed by atoms with E-state index < -0.39 is 0 Å². The number of aromatic nitrogens is 12. The molecule has 0 aliphatic carbocycles. The largest absolute Gasteiger partial charge is 0.345 e. The third kappa shape index (κ3) is 6.58. The average Bonchev–Trinajstić information content (AvgIpc) is 3.85. The van der Waals surface area contributed by atoms with E-state index in [0.717, 1.165) is 53.7 Å². The molecule has 0 unspecified atom stereocenters. The molecule has 0 aliphatic rings. The topological polar surface area (TPSA) is 133 Å². The van der Waals surface area contributed by atoms with Crippen LogP contribution < -0.4 is 0 Å². The summed E-state index contributed by atoms with van der Waals surface area (Å²) in [6.07, 6.45) is 25.1. The second-order valence-corrected chi connectivity index (χ2v) is 11.0. The van der Waals surface area contributed by atoms with E-state index >= 15 is 0 Å². The van der Waals surface area contributed by atoms with Crippen molar-refractivity contribution in [3.8, 4) is 28.6 Å². The van der Waals surface area contributed by atoms with Gasteiger partial charge in [-0.25, -0.2) is 29.9 Å². The van der Waals surface area contributed by atoms with E-state index in [1.54, 1.807) is 55.8 Å². The Labute approximate surface area is 269 Å². The fourth-order valence-corrected chi connectivity index (χ4v) is 5.56. The number of imidazole rings is 4. The second kappa shape index (κ2) is 13.1. The molecule has 8 heterocycles. The smallest absolute Gasteiger partial charge is 0.183 e. The number of aromatic amines is 1. The summed E-state index contributed by atoms with van der Waals surface area (Å²) >= 11 is 10.0. The summed E-state index contributed by atoms with van der Waals surface area (Å²) in [6.45, 7) is 0. The monoisotopic (exact) mass is 760 g/mol. The number of halogens is 3. The summed E-state index contributed by atoms with van der Waals surface area (Å²) < 4.78 is 8.00. The Morgan fingerprint density at radius 3 is 1.86 bits per heavy atom. The molecule has 0 aliphatic heterocycles. The zero-order chi connectivity index (χ0) is 29.6. The van der Waals surface area contributed by atoms with Crippen molar-refractivity contribution in [2.24, 2.45) is 0 Å². The normalized spacial score (nSPS) is 10.7. The number of nitrogens with zero attached hydrogens (tertiary/aromatic N) is 11. The van der Waals surface area contributed by atoms with Gasteiger partial charge in [-0.15, -0.1) is 0 Å². The first kappa shape index (κ1) is 28.5. The fraction of sp³-hybridized carbons (Fsp3) is 0. The van der Waals surface area contributed by atoms with Gasteiger partial charge in [0.05, 0.1) is 0 Å². The molecule has 15 heteroatoms. The van der Waals surface area contributed by atoms with Crippen LogP contribution in [-0.2, 0) is 0 Å². The third-order valence-corrected chi connectivity index (χ3v) is 7.19. The minimum absolute atomic E-state index is 0.721. The predicted octanol–water partition coefficient (Wildman–Crippen LogP) is 6.47. The number of H-pyrrole nitrogens is 1. The summed E-state index contributed by atoms with van der Waals surface area (Å²) in [5.41, 5.74) is 3.63. The average molecular weight is 763 g/mol. The molecule has 8 aromatic rings. The summed E-state index contributed by atoms with van der Waals surface area (Å²) in [7, 11) is 0. The molecule has 0 saturated carbocycles. The molecular formula is C28H19Br3N12. The maximum Gasteiger partial charge on any atom is 0.183 e. The van der Waals surface area contributed by atoms with Crippen LogP contribution in [0.2, 0.25) is 0 Å². The van der Waals surface area contributed by atoms with Crippen molar-refractivity contribution in [2.75, 3.05) is 0 Å². The Hall–Kier alpha value is -4.60. The van der Waals surface area contributed by atoms with Crippen molar-refractivity contribution >= 4 is 59.1 Å². The van der Waals surface area contributed by atoms with Crippen LogP contribution in [0.5, 0.6) is 0 Å². The van der Waals surface area contributed by atoms with Crippen LogP contribution in [0, 0.1) is 0 Å². The Balaban J connectivity index is 0.000000126. The minimum Gasteiger partial charge on any atom is -0.345 e. The Morgan fingerprint density at radius 2 is 1.19 bits per heavy atom. The predicted molar refractivity (Wildman–Crippen MR) is 171 cm³/mol. The molecule has 43 heavy (non-hydrogen) atoms. The molecule has 8 aromatic heterocycles. The molecule has 0 bridgehead atoms. The summed E-state index contributed by atoms with van der Waals surface area (Å²) in [5, 5.41) is 0. The van der Waals surface area contributed by atoms with Gasteiger partial charge in [0.2, 0.25) is 0 Å². The van der Waals surface area contributed by atoms with Crippen LogP contribution >= 0.6 is 47.8 Å². The van der Waals surface area contributed by atoms with Crippen molar-refractivity contribution in [3.05, 3.63) is 125 Å². The highest BCUT2D eigenvalue weighted by Crippen LogP contribution is 2.23. The van der Waals surface area contributed by atoms with Gasteiger partial charge in [-0.05, 0) is 72.1 Å². The molecule has 0 spiro atoms. The zero-order valence-electron chi connectivity index (χ0n) is 21.9. The van der Waals surface area contributed by atoms with Crippen LogP contribution in [0.1, 0.15) is 0 Å². The number of hydrogen-bond donors (Lipinski definition) is 1. The Kier molecular flexibility index (Phi) is 8.72. The van der Waals surface area contributed by atoms with Crippen molar-refractivity contribution in [1.29, 1.82) is 0 Å². The van der Waals surface area contributed by atoms with E-state index in [-0.39, 0.29) is 0 Å². The lowest BCUT2D eigenvalue weighted by Crippen LogP contribution is -2.03. The highest BCUT2D eigenvalue weighted by atomic mass is 79.9. The SMILES string of the molecule is Brc1cn2ccnc2c(-n2ccnc2-c2ccncc2)n1.Brc1cn2ccnc2c(Br)n1.c1cc(-c2ncc[nH]2)ccn1. The van der Waals surface area contributed by atoms with Crippen LogP contribution in [0.15, 0.2) is 125 Å². The molecule has 212 valence electrons. The van der Waals surface area contributed by atoms with E-state index in [4.69, 9.17) is 0 Å². The first-order chi connectivity index (χ1) is 21.1. The maximum absolute atomic E-state index is 4.54.